The van der Waals surface area contributed by atoms with Crippen LogP contribution in [-0.2, 0) is 16.1 Å². The average molecular weight is 607 g/mol. The number of amides is 1. The molecule has 0 radical (unpaired) electrons. The Morgan fingerprint density at radius 1 is 1.13 bits per heavy atom. The van der Waals surface area contributed by atoms with E-state index in [1.54, 1.807) is 25.4 Å². The molecule has 0 bridgehead atoms. The lowest BCUT2D eigenvalue weighted by atomic mass is 9.93. The van der Waals surface area contributed by atoms with Crippen LogP contribution in [0.2, 0.25) is 0 Å². The molecule has 1 saturated heterocycles. The Morgan fingerprint density at radius 2 is 1.82 bits per heavy atom. The highest BCUT2D eigenvalue weighted by Gasteiger charge is 2.22. The van der Waals surface area contributed by atoms with Crippen LogP contribution in [0.25, 0.3) is 0 Å². The zero-order chi connectivity index (χ0) is 28.9. The van der Waals surface area contributed by atoms with Gasteiger partial charge in [-0.15, -0.1) is 0 Å². The summed E-state index contributed by atoms with van der Waals surface area (Å²) in [6, 6.07) is 10.2. The second-order valence-corrected chi connectivity index (χ2v) is 10.1. The number of benzene rings is 1. The molecular formula is C29H44BrN5O4. The number of carbonyl (C=O) groups is 3. The van der Waals surface area contributed by atoms with Crippen LogP contribution in [0.15, 0.2) is 41.0 Å². The molecule has 2 aromatic rings. The van der Waals surface area contributed by atoms with Gasteiger partial charge in [-0.05, 0) is 76.9 Å². The number of hydrogen-bond acceptors (Lipinski definition) is 8. The number of anilines is 1. The van der Waals surface area contributed by atoms with Gasteiger partial charge >= 0.3 is 0 Å². The fraction of sp³-hybridized carbons (Fsp3) is 0.517. The maximum Gasteiger partial charge on any atom is 0.206 e. The second-order valence-electron chi connectivity index (χ2n) is 9.27. The maximum absolute atomic E-state index is 10.7. The van der Waals surface area contributed by atoms with E-state index in [0.717, 1.165) is 62.4 Å². The number of aromatic nitrogens is 1. The summed E-state index contributed by atoms with van der Waals surface area (Å²) < 4.78 is 6.93. The van der Waals surface area contributed by atoms with Gasteiger partial charge in [0.25, 0.3) is 0 Å². The summed E-state index contributed by atoms with van der Waals surface area (Å²) in [6.45, 7) is 5.63. The normalized spacial score (nSPS) is 13.6. The van der Waals surface area contributed by atoms with Gasteiger partial charge in [0, 0.05) is 54.9 Å². The minimum atomic E-state index is 0.302. The van der Waals surface area contributed by atoms with E-state index in [0.29, 0.717) is 42.8 Å². The van der Waals surface area contributed by atoms with Gasteiger partial charge in [0.1, 0.15) is 17.7 Å². The number of piperidine rings is 1. The summed E-state index contributed by atoms with van der Waals surface area (Å²) in [5.41, 5.74) is 2.98. The van der Waals surface area contributed by atoms with Gasteiger partial charge < -0.3 is 30.4 Å². The summed E-state index contributed by atoms with van der Waals surface area (Å²) in [5.74, 6) is 1.35. The number of halogens is 1. The highest BCUT2D eigenvalue weighted by Crippen LogP contribution is 2.32. The molecule has 10 heteroatoms. The molecule has 1 fully saturated rings. The van der Waals surface area contributed by atoms with E-state index >= 15 is 0 Å². The summed E-state index contributed by atoms with van der Waals surface area (Å²) in [7, 11) is 5.31. The Bertz CT molecular complexity index is 953. The van der Waals surface area contributed by atoms with Crippen LogP contribution >= 0.6 is 15.9 Å². The minimum absolute atomic E-state index is 0.302. The van der Waals surface area contributed by atoms with E-state index in [9.17, 15) is 9.59 Å². The molecule has 0 spiro atoms. The number of carbonyl (C=O) groups excluding carboxylic acids is 3. The Kier molecular flexibility index (Phi) is 18.5. The van der Waals surface area contributed by atoms with Crippen molar-refractivity contribution < 1.29 is 19.1 Å². The number of ether oxygens (including phenoxy) is 1. The van der Waals surface area contributed by atoms with Crippen molar-refractivity contribution in [3.63, 3.8) is 0 Å². The fourth-order valence-electron chi connectivity index (χ4n) is 4.07. The van der Waals surface area contributed by atoms with E-state index in [1.165, 1.54) is 11.3 Å². The first-order valence-electron chi connectivity index (χ1n) is 13.4. The van der Waals surface area contributed by atoms with E-state index < -0.39 is 0 Å². The van der Waals surface area contributed by atoms with Crippen LogP contribution in [-0.4, -0.2) is 70.8 Å². The van der Waals surface area contributed by atoms with Gasteiger partial charge in [-0.1, -0.05) is 22.0 Å². The molecule has 216 valence electrons. The van der Waals surface area contributed by atoms with E-state index in [4.69, 9.17) is 9.53 Å². The highest BCUT2D eigenvalue weighted by atomic mass is 79.9. The van der Waals surface area contributed by atoms with Crippen molar-refractivity contribution in [2.45, 2.75) is 51.6 Å². The van der Waals surface area contributed by atoms with Crippen LogP contribution in [0, 0.1) is 5.92 Å². The standard InChI is InChI=1S/C25H32BrN3O3.C2H5NO.C2H7N/c1-19(4-3-14-30)27-17-23-24(26)5-2-6-25(23)29-12-9-20(10-13-29)11-15-32-22-8-7-21(18-31)28-16-22;1-3-2-4;1-3-2/h2,5-8,14,16,18-20,27H,3-4,9-13,15,17H2,1H3;2H,1H3,(H,3,4);3H,1-2H3. The van der Waals surface area contributed by atoms with Gasteiger partial charge in [-0.3, -0.25) is 9.59 Å². The molecule has 2 heterocycles. The molecule has 1 aromatic heterocycles. The van der Waals surface area contributed by atoms with Crippen LogP contribution in [0.5, 0.6) is 5.75 Å². The Labute approximate surface area is 241 Å². The van der Waals surface area contributed by atoms with E-state index in [1.807, 2.05) is 14.1 Å². The van der Waals surface area contributed by atoms with Gasteiger partial charge in [-0.25, -0.2) is 4.98 Å². The average Bonchev–Trinajstić information content (AvgIpc) is 2.96. The van der Waals surface area contributed by atoms with Crippen LogP contribution in [0.4, 0.5) is 5.69 Å². The number of nitrogens with zero attached hydrogens (tertiary/aromatic N) is 2. The number of rotatable bonds is 13. The third-order valence-corrected chi connectivity index (χ3v) is 6.93. The number of hydrogen-bond donors (Lipinski definition) is 3. The molecule has 1 atom stereocenters. The molecule has 1 amide bonds. The molecule has 1 aliphatic heterocycles. The van der Waals surface area contributed by atoms with Gasteiger partial charge in [-0.2, -0.15) is 0 Å². The first-order valence-corrected chi connectivity index (χ1v) is 14.2. The number of pyridine rings is 1. The first kappa shape index (κ1) is 34.2. The Hall–Kier alpha value is -2.82. The second kappa shape index (κ2) is 21.1. The number of nitrogens with one attached hydrogen (secondary N) is 3. The lowest BCUT2D eigenvalue weighted by Gasteiger charge is -2.35. The predicted octanol–water partition coefficient (Wildman–Crippen LogP) is 4.00. The third-order valence-electron chi connectivity index (χ3n) is 6.19. The molecule has 0 saturated carbocycles. The van der Waals surface area contributed by atoms with E-state index in [-0.39, 0.29) is 0 Å². The smallest absolute Gasteiger partial charge is 0.206 e. The Morgan fingerprint density at radius 3 is 2.38 bits per heavy atom. The van der Waals surface area contributed by atoms with Crippen molar-refractivity contribution in [2.24, 2.45) is 5.92 Å². The fourth-order valence-corrected chi connectivity index (χ4v) is 4.56. The van der Waals surface area contributed by atoms with Crippen molar-refractivity contribution in [2.75, 3.05) is 45.7 Å². The quantitative estimate of drug-likeness (QED) is 0.294. The topological polar surface area (TPSA) is 113 Å². The summed E-state index contributed by atoms with van der Waals surface area (Å²) in [5, 5.41) is 8.56. The van der Waals surface area contributed by atoms with Crippen molar-refractivity contribution in [1.82, 2.24) is 20.9 Å². The molecule has 3 rings (SSSR count). The largest absolute Gasteiger partial charge is 0.492 e. The van der Waals surface area contributed by atoms with Crippen molar-refractivity contribution >= 4 is 40.6 Å². The molecule has 1 aromatic carbocycles. The Balaban J connectivity index is 0.000000975. The minimum Gasteiger partial charge on any atom is -0.492 e. The summed E-state index contributed by atoms with van der Waals surface area (Å²) >= 11 is 3.73. The summed E-state index contributed by atoms with van der Waals surface area (Å²) in [4.78, 5) is 36.9. The summed E-state index contributed by atoms with van der Waals surface area (Å²) in [6.07, 6.45) is 8.69. The molecule has 39 heavy (non-hydrogen) atoms. The molecule has 3 N–H and O–H groups in total. The predicted molar refractivity (Wildman–Crippen MR) is 161 cm³/mol. The lowest BCUT2D eigenvalue weighted by molar-refractivity contribution is -0.109. The molecule has 1 aliphatic rings. The van der Waals surface area contributed by atoms with Gasteiger partial charge in [0.15, 0.2) is 6.29 Å². The molecule has 9 nitrogen and oxygen atoms in total. The van der Waals surface area contributed by atoms with Crippen molar-refractivity contribution in [3.8, 4) is 5.75 Å². The number of aldehydes is 2. The first-order chi connectivity index (χ1) is 18.9. The molecular weight excluding hydrogens is 562 g/mol. The molecule has 1 unspecified atom stereocenters. The SMILES string of the molecule is CC(CCC=O)NCc1c(Br)cccc1N1CCC(CCOc2ccc(C=O)nc2)CC1.CNC.CNC=O. The zero-order valence-electron chi connectivity index (χ0n) is 23.6. The van der Waals surface area contributed by atoms with E-state index in [2.05, 4.69) is 66.9 Å². The lowest BCUT2D eigenvalue weighted by Crippen LogP contribution is -2.35. The van der Waals surface area contributed by atoms with Crippen LogP contribution in [0.3, 0.4) is 0 Å². The molecule has 0 aliphatic carbocycles. The third kappa shape index (κ3) is 13.7. The van der Waals surface area contributed by atoms with Crippen LogP contribution in [0.1, 0.15) is 55.1 Å². The van der Waals surface area contributed by atoms with Crippen LogP contribution < -0.4 is 25.6 Å². The van der Waals surface area contributed by atoms with Gasteiger partial charge in [0.05, 0.1) is 12.8 Å². The maximum atomic E-state index is 10.7. The van der Waals surface area contributed by atoms with Crippen molar-refractivity contribution in [3.05, 3.63) is 52.3 Å². The monoisotopic (exact) mass is 605 g/mol. The zero-order valence-corrected chi connectivity index (χ0v) is 25.2. The van der Waals surface area contributed by atoms with Crippen molar-refractivity contribution in [1.29, 1.82) is 0 Å². The highest BCUT2D eigenvalue weighted by molar-refractivity contribution is 9.10. The van der Waals surface area contributed by atoms with Gasteiger partial charge in [0.2, 0.25) is 6.41 Å².